The highest BCUT2D eigenvalue weighted by atomic mass is 16.6. The second-order valence-corrected chi connectivity index (χ2v) is 14.1. The van der Waals surface area contributed by atoms with Crippen molar-refractivity contribution in [2.45, 2.75) is 90.4 Å². The summed E-state index contributed by atoms with van der Waals surface area (Å²) in [4.78, 5) is 55.3. The van der Waals surface area contributed by atoms with Gasteiger partial charge in [0, 0.05) is 63.0 Å². The molecule has 0 unspecified atom stereocenters. The fraction of sp³-hybridized carbons (Fsp3) is 0.500. The van der Waals surface area contributed by atoms with Crippen LogP contribution in [-0.2, 0) is 35.1 Å². The second kappa shape index (κ2) is 18.9. The zero-order valence-corrected chi connectivity index (χ0v) is 31.1. The minimum Gasteiger partial charge on any atom is -0.439 e. The molecule has 2 bridgehead atoms. The van der Waals surface area contributed by atoms with Crippen LogP contribution < -0.4 is 16.4 Å². The number of hydrogen-bond acceptors (Lipinski definition) is 10. The smallest absolute Gasteiger partial charge is 0.405 e. The van der Waals surface area contributed by atoms with E-state index in [1.165, 1.54) is 31.9 Å². The zero-order valence-electron chi connectivity index (χ0n) is 31.1. The molecule has 282 valence electrons. The quantitative estimate of drug-likeness (QED) is 0.239. The number of amides is 2. The molecule has 2 aliphatic heterocycles. The number of hydrogen-bond donors (Lipinski definition) is 4. The van der Waals surface area contributed by atoms with Crippen molar-refractivity contribution in [3.05, 3.63) is 94.4 Å². The molecule has 1 aromatic carbocycles. The Labute approximate surface area is 306 Å². The first-order chi connectivity index (χ1) is 24.8. The molecule has 1 aliphatic carbocycles. The van der Waals surface area contributed by atoms with Gasteiger partial charge in [0.2, 0.25) is 11.6 Å². The van der Waals surface area contributed by atoms with Gasteiger partial charge >= 0.3 is 6.09 Å². The number of methoxy groups -OCH3 is 2. The van der Waals surface area contributed by atoms with Gasteiger partial charge in [-0.05, 0) is 56.6 Å². The minimum absolute atomic E-state index is 0.0113. The Kier molecular flexibility index (Phi) is 14.7. The molecule has 4 rings (SSSR count). The molecule has 2 heterocycles. The Morgan fingerprint density at radius 2 is 1.75 bits per heavy atom. The van der Waals surface area contributed by atoms with Crippen molar-refractivity contribution in [3.63, 3.8) is 0 Å². The molecule has 0 saturated carbocycles. The monoisotopic (exact) mass is 718 g/mol. The number of carbonyl (C=O) groups is 4. The normalized spacial score (nSPS) is 30.4. The van der Waals surface area contributed by atoms with Crippen LogP contribution in [0.2, 0.25) is 0 Å². The first-order valence-electron chi connectivity index (χ1n) is 17.9. The Balaban J connectivity index is 1.64. The maximum absolute atomic E-state index is 14.1. The van der Waals surface area contributed by atoms with Crippen molar-refractivity contribution in [3.8, 4) is 0 Å². The molecular weight excluding hydrogens is 664 g/mol. The van der Waals surface area contributed by atoms with Crippen molar-refractivity contribution >= 4 is 23.6 Å². The summed E-state index contributed by atoms with van der Waals surface area (Å²) in [6.45, 7) is 9.62. The first-order valence-corrected chi connectivity index (χ1v) is 17.9. The van der Waals surface area contributed by atoms with Crippen molar-refractivity contribution < 1.29 is 38.5 Å². The van der Waals surface area contributed by atoms with Gasteiger partial charge in [-0.2, -0.15) is 0 Å². The lowest BCUT2D eigenvalue weighted by Gasteiger charge is -2.34. The van der Waals surface area contributed by atoms with Gasteiger partial charge in [0.1, 0.15) is 6.10 Å². The number of fused-ring (bicyclic) bond motifs is 2. The number of benzene rings is 1. The number of nitrogens with one attached hydrogen (secondary N) is 2. The number of rotatable bonds is 7. The molecule has 6 atom stereocenters. The van der Waals surface area contributed by atoms with Gasteiger partial charge in [0.25, 0.3) is 5.91 Å². The number of carbonyl (C=O) groups excluding carboxylic acids is 4. The molecule has 12 heteroatoms. The summed E-state index contributed by atoms with van der Waals surface area (Å²) < 4.78 is 16.8. The lowest BCUT2D eigenvalue weighted by molar-refractivity contribution is -0.120. The Bertz CT molecular complexity index is 1610. The maximum atomic E-state index is 14.1. The minimum atomic E-state index is -0.996. The molecule has 3 aliphatic rings. The summed E-state index contributed by atoms with van der Waals surface area (Å²) in [5, 5.41) is 17.5. The molecule has 2 amide bonds. The third kappa shape index (κ3) is 10.8. The third-order valence-electron chi connectivity index (χ3n) is 9.98. The molecule has 52 heavy (non-hydrogen) atoms. The lowest BCUT2D eigenvalue weighted by Crippen LogP contribution is -2.44. The van der Waals surface area contributed by atoms with Crippen molar-refractivity contribution in [1.29, 1.82) is 0 Å². The topological polar surface area (TPSA) is 170 Å². The Morgan fingerprint density at radius 3 is 2.38 bits per heavy atom. The van der Waals surface area contributed by atoms with E-state index in [-0.39, 0.29) is 41.1 Å². The van der Waals surface area contributed by atoms with Gasteiger partial charge in [-0.1, -0.05) is 68.5 Å². The Morgan fingerprint density at radius 1 is 1.06 bits per heavy atom. The van der Waals surface area contributed by atoms with Crippen molar-refractivity contribution in [2.24, 2.45) is 17.6 Å². The zero-order chi connectivity index (χ0) is 37.9. The van der Waals surface area contributed by atoms with E-state index in [4.69, 9.17) is 19.9 Å². The number of primary amides is 1. The number of allylic oxidation sites excluding steroid dienone is 4. The third-order valence-corrected chi connectivity index (χ3v) is 9.98. The second-order valence-electron chi connectivity index (χ2n) is 14.1. The van der Waals surface area contributed by atoms with E-state index in [1.54, 1.807) is 32.1 Å². The molecule has 1 fully saturated rings. The van der Waals surface area contributed by atoms with E-state index in [9.17, 15) is 24.3 Å². The maximum Gasteiger partial charge on any atom is 0.405 e. The Hall–Kier alpha value is -4.36. The molecule has 0 radical (unpaired) electrons. The van der Waals surface area contributed by atoms with E-state index < -0.39 is 48.1 Å². The van der Waals surface area contributed by atoms with Crippen LogP contribution in [0.25, 0.3) is 0 Å². The van der Waals surface area contributed by atoms with Gasteiger partial charge < -0.3 is 35.7 Å². The molecule has 0 spiro atoms. The van der Waals surface area contributed by atoms with Gasteiger partial charge in [-0.15, -0.1) is 0 Å². The van der Waals surface area contributed by atoms with Gasteiger partial charge in [0.05, 0.1) is 23.6 Å². The number of piperidine rings is 1. The van der Waals surface area contributed by atoms with Crippen LogP contribution in [0.4, 0.5) is 4.79 Å². The molecule has 12 nitrogen and oxygen atoms in total. The summed E-state index contributed by atoms with van der Waals surface area (Å²) in [7, 11) is 2.96. The summed E-state index contributed by atoms with van der Waals surface area (Å²) in [5.41, 5.74) is 7.95. The summed E-state index contributed by atoms with van der Waals surface area (Å²) in [6, 6.07) is 10.3. The van der Waals surface area contributed by atoms with E-state index in [2.05, 4.69) is 27.7 Å². The predicted molar refractivity (Wildman–Crippen MR) is 197 cm³/mol. The van der Waals surface area contributed by atoms with Gasteiger partial charge in [-0.3, -0.25) is 19.3 Å². The highest BCUT2D eigenvalue weighted by molar-refractivity contribution is 6.23. The number of ketones is 2. The van der Waals surface area contributed by atoms with Crippen LogP contribution in [0.1, 0.15) is 58.9 Å². The van der Waals surface area contributed by atoms with E-state index in [0.717, 1.165) is 32.5 Å². The van der Waals surface area contributed by atoms with E-state index in [1.807, 2.05) is 32.0 Å². The molecular formula is C40H54N4O8. The molecule has 1 saturated heterocycles. The highest BCUT2D eigenvalue weighted by Gasteiger charge is 2.34. The van der Waals surface area contributed by atoms with Crippen LogP contribution in [0.15, 0.2) is 88.8 Å². The first kappa shape index (κ1) is 40.4. The van der Waals surface area contributed by atoms with Crippen molar-refractivity contribution in [1.82, 2.24) is 15.5 Å². The number of nitrogens with zero attached hydrogens (tertiary/aromatic N) is 1. The number of likely N-dealkylation sites (tertiary alicyclic amines) is 1. The standard InChI is InChI=1S/C40H54N4O8/c1-24-19-30-35(42-29-15-17-44(18-16-29)23-28-12-8-7-9-13-28)32(45)22-31(37(30)47)43-39(48)25(2)11-10-14-33(50-5)38(52-40(41)49)27(4)21-26(3)36(46)34(20-24)51-6/h7-14,21-22,24,26,29,33-34,36,38,42,46H,15-20,23H2,1-6H3,(H2,41,49)(H,43,48)/b14-10-,25-11+,27-21+/t24-,26+,33+,34+,36-,38+/m1/s1. The number of ether oxygens (including phenoxy) is 3. The lowest BCUT2D eigenvalue weighted by atomic mass is 9.84. The van der Waals surface area contributed by atoms with Crippen molar-refractivity contribution in [2.75, 3.05) is 27.3 Å². The van der Waals surface area contributed by atoms with E-state index >= 15 is 0 Å². The average Bonchev–Trinajstić information content (AvgIpc) is 3.12. The number of aliphatic hydroxyl groups is 1. The highest BCUT2D eigenvalue weighted by Crippen LogP contribution is 2.29. The fourth-order valence-corrected chi connectivity index (χ4v) is 7.02. The van der Waals surface area contributed by atoms with Crippen LogP contribution >= 0.6 is 0 Å². The molecule has 5 N–H and O–H groups in total. The number of Topliss-reactive ketones (excluding diaryl/α,β-unsaturated/α-hetero) is 1. The molecule has 1 aromatic rings. The van der Waals surface area contributed by atoms with Crippen LogP contribution in [0, 0.1) is 11.8 Å². The summed E-state index contributed by atoms with van der Waals surface area (Å²) in [5.74, 6) is -2.02. The van der Waals surface area contributed by atoms with Crippen LogP contribution in [0.3, 0.4) is 0 Å². The largest absolute Gasteiger partial charge is 0.439 e. The SMILES string of the molecule is CO[C@H]1/C=C\C=C(/C)C(=O)NC2=CC(=O)C(NC3CCN(Cc4ccccc4)CC3)=C(C[C@@H](C)C[C@H](OC)[C@H](O)[C@@H](C)/C=C(\C)[C@@H]1OC(N)=O)C2=O. The number of nitrogens with two attached hydrogens (primary N) is 1. The van der Waals surface area contributed by atoms with E-state index in [0.29, 0.717) is 17.6 Å². The van der Waals surface area contributed by atoms with Crippen LogP contribution in [0.5, 0.6) is 0 Å². The summed E-state index contributed by atoms with van der Waals surface area (Å²) >= 11 is 0. The van der Waals surface area contributed by atoms with Gasteiger partial charge in [0.15, 0.2) is 6.10 Å². The predicted octanol–water partition coefficient (Wildman–Crippen LogP) is 4.02. The van der Waals surface area contributed by atoms with Gasteiger partial charge in [-0.25, -0.2) is 4.79 Å². The fourth-order valence-electron chi connectivity index (χ4n) is 7.02. The summed E-state index contributed by atoms with van der Waals surface area (Å²) in [6.07, 6.45) is 5.56. The van der Waals surface area contributed by atoms with Crippen LogP contribution in [-0.4, -0.2) is 91.3 Å². The number of aliphatic hydroxyl groups excluding tert-OH is 1. The molecule has 0 aromatic heterocycles. The average molecular weight is 719 g/mol.